The summed E-state index contributed by atoms with van der Waals surface area (Å²) in [5, 5.41) is 11.5. The minimum absolute atomic E-state index is 0.0958. The summed E-state index contributed by atoms with van der Waals surface area (Å²) in [6, 6.07) is 11.4. The summed E-state index contributed by atoms with van der Waals surface area (Å²) in [4.78, 5) is 0. The van der Waals surface area contributed by atoms with Crippen molar-refractivity contribution in [3.63, 3.8) is 0 Å². The van der Waals surface area contributed by atoms with Crippen LogP contribution in [-0.4, -0.2) is 27.2 Å². The predicted molar refractivity (Wildman–Crippen MR) is 105 cm³/mol. The Kier molecular flexibility index (Phi) is 5.48. The van der Waals surface area contributed by atoms with Crippen LogP contribution in [0.2, 0.25) is 0 Å². The van der Waals surface area contributed by atoms with Crippen LogP contribution in [0.15, 0.2) is 57.8 Å². The highest BCUT2D eigenvalue weighted by molar-refractivity contribution is 7.71. The molecule has 1 aromatic carbocycles. The van der Waals surface area contributed by atoms with Crippen LogP contribution < -0.4 is 4.74 Å². The molecule has 0 aliphatic rings. The second kappa shape index (κ2) is 7.97. The van der Waals surface area contributed by atoms with Crippen molar-refractivity contribution in [2.75, 3.05) is 0 Å². The number of ether oxygens (including phenoxy) is 1. The van der Waals surface area contributed by atoms with Crippen LogP contribution in [-0.2, 0) is 0 Å². The van der Waals surface area contributed by atoms with Gasteiger partial charge >= 0.3 is 0 Å². The quantitative estimate of drug-likeness (QED) is 0.495. The van der Waals surface area contributed by atoms with Crippen LogP contribution in [0, 0.1) is 4.77 Å². The molecule has 3 rings (SSSR count). The Morgan fingerprint density at radius 3 is 2.92 bits per heavy atom. The van der Waals surface area contributed by atoms with E-state index in [1.165, 1.54) is 0 Å². The van der Waals surface area contributed by atoms with Gasteiger partial charge in [0.1, 0.15) is 11.5 Å². The van der Waals surface area contributed by atoms with E-state index in [2.05, 4.69) is 15.3 Å². The molecule has 0 unspecified atom stereocenters. The second-order valence-electron chi connectivity index (χ2n) is 6.01. The first-order valence-corrected chi connectivity index (χ1v) is 8.64. The molecule has 0 amide bonds. The number of rotatable bonds is 6. The Bertz CT molecular complexity index is 981. The summed E-state index contributed by atoms with van der Waals surface area (Å²) in [6.45, 7) is 5.91. The van der Waals surface area contributed by atoms with Gasteiger partial charge in [0.05, 0.1) is 18.6 Å². The third kappa shape index (κ3) is 4.37. The molecule has 0 saturated heterocycles. The first-order valence-electron chi connectivity index (χ1n) is 8.23. The fourth-order valence-corrected chi connectivity index (χ4v) is 2.53. The smallest absolute Gasteiger partial charge is 0.216 e. The summed E-state index contributed by atoms with van der Waals surface area (Å²) in [7, 11) is 0. The van der Waals surface area contributed by atoms with E-state index < -0.39 is 0 Å². The minimum Gasteiger partial charge on any atom is -0.491 e. The second-order valence-corrected chi connectivity index (χ2v) is 6.39. The number of aromatic nitrogens is 3. The van der Waals surface area contributed by atoms with E-state index in [-0.39, 0.29) is 6.10 Å². The number of hydrogen-bond donors (Lipinski definition) is 1. The first-order chi connectivity index (χ1) is 12.5. The maximum atomic E-state index is 5.75. The summed E-state index contributed by atoms with van der Waals surface area (Å²) in [6.07, 6.45) is 5.33. The zero-order valence-electron chi connectivity index (χ0n) is 14.8. The van der Waals surface area contributed by atoms with Crippen molar-refractivity contribution >= 4 is 24.5 Å². The molecule has 2 heterocycles. The Morgan fingerprint density at radius 1 is 1.35 bits per heavy atom. The molecular weight excluding hydrogens is 348 g/mol. The SMILES string of the molecule is CC(/C=N/n1c(-c2cccc(OC(C)C)c2)n[nH]c1=S)=C\c1ccco1. The predicted octanol–water partition coefficient (Wildman–Crippen LogP) is 4.93. The number of benzene rings is 1. The minimum atomic E-state index is 0.0958. The zero-order chi connectivity index (χ0) is 18.5. The van der Waals surface area contributed by atoms with E-state index in [0.717, 1.165) is 22.6 Å². The number of furan rings is 1. The van der Waals surface area contributed by atoms with Crippen LogP contribution in [0.4, 0.5) is 0 Å². The van der Waals surface area contributed by atoms with Crippen LogP contribution >= 0.6 is 12.2 Å². The Hall–Kier alpha value is -2.93. The molecule has 7 heteroatoms. The van der Waals surface area contributed by atoms with Gasteiger partial charge in [0.2, 0.25) is 4.77 Å². The van der Waals surface area contributed by atoms with Crippen molar-refractivity contribution in [3.05, 3.63) is 58.8 Å². The normalized spacial score (nSPS) is 12.2. The van der Waals surface area contributed by atoms with Gasteiger partial charge < -0.3 is 9.15 Å². The van der Waals surface area contributed by atoms with Crippen molar-refractivity contribution < 1.29 is 9.15 Å². The van der Waals surface area contributed by atoms with E-state index in [9.17, 15) is 0 Å². The highest BCUT2D eigenvalue weighted by Crippen LogP contribution is 2.23. The molecule has 0 aliphatic carbocycles. The van der Waals surface area contributed by atoms with Gasteiger partial charge in [-0.25, -0.2) is 5.10 Å². The van der Waals surface area contributed by atoms with E-state index in [1.54, 1.807) is 17.2 Å². The van der Waals surface area contributed by atoms with Gasteiger partial charge in [0.15, 0.2) is 5.82 Å². The Balaban J connectivity index is 1.90. The molecule has 3 aromatic rings. The molecule has 0 fully saturated rings. The highest BCUT2D eigenvalue weighted by atomic mass is 32.1. The molecule has 0 aliphatic heterocycles. The van der Waals surface area contributed by atoms with Crippen LogP contribution in [0.3, 0.4) is 0 Å². The molecule has 134 valence electrons. The lowest BCUT2D eigenvalue weighted by Crippen LogP contribution is -2.05. The van der Waals surface area contributed by atoms with Gasteiger partial charge in [-0.15, -0.1) is 0 Å². The number of nitrogens with one attached hydrogen (secondary N) is 1. The first kappa shape index (κ1) is 17.9. The van der Waals surface area contributed by atoms with Crippen molar-refractivity contribution in [2.45, 2.75) is 26.9 Å². The number of hydrogen-bond acceptors (Lipinski definition) is 5. The summed E-state index contributed by atoms with van der Waals surface area (Å²) in [5.41, 5.74) is 1.78. The molecule has 26 heavy (non-hydrogen) atoms. The van der Waals surface area contributed by atoms with Crippen molar-refractivity contribution in [3.8, 4) is 17.1 Å². The Morgan fingerprint density at radius 2 is 2.19 bits per heavy atom. The molecule has 0 bridgehead atoms. The molecule has 0 radical (unpaired) electrons. The average Bonchev–Trinajstić information content (AvgIpc) is 3.22. The number of aromatic amines is 1. The Labute approximate surface area is 156 Å². The van der Waals surface area contributed by atoms with E-state index in [0.29, 0.717) is 10.6 Å². The van der Waals surface area contributed by atoms with Gasteiger partial charge in [-0.1, -0.05) is 12.1 Å². The van der Waals surface area contributed by atoms with Gasteiger partial charge in [-0.05, 0) is 68.9 Å². The third-order valence-electron chi connectivity index (χ3n) is 3.40. The maximum absolute atomic E-state index is 5.75. The average molecular weight is 368 g/mol. The van der Waals surface area contributed by atoms with Gasteiger partial charge in [-0.2, -0.15) is 14.9 Å². The lowest BCUT2D eigenvalue weighted by atomic mass is 10.2. The van der Waals surface area contributed by atoms with E-state index >= 15 is 0 Å². The van der Waals surface area contributed by atoms with Crippen LogP contribution in [0.25, 0.3) is 17.5 Å². The summed E-state index contributed by atoms with van der Waals surface area (Å²) >= 11 is 5.31. The molecule has 0 atom stereocenters. The van der Waals surface area contributed by atoms with Crippen molar-refractivity contribution in [1.29, 1.82) is 0 Å². The maximum Gasteiger partial charge on any atom is 0.216 e. The lowest BCUT2D eigenvalue weighted by Gasteiger charge is -2.10. The number of H-pyrrole nitrogens is 1. The molecule has 1 N–H and O–H groups in total. The molecule has 6 nitrogen and oxygen atoms in total. The van der Waals surface area contributed by atoms with Crippen LogP contribution in [0.1, 0.15) is 26.5 Å². The molecule has 0 saturated carbocycles. The van der Waals surface area contributed by atoms with Crippen molar-refractivity contribution in [2.24, 2.45) is 5.10 Å². The molecule has 2 aromatic heterocycles. The topological polar surface area (TPSA) is 68.3 Å². The summed E-state index contributed by atoms with van der Waals surface area (Å²) in [5.74, 6) is 2.16. The van der Waals surface area contributed by atoms with Gasteiger partial charge in [0.25, 0.3) is 0 Å². The van der Waals surface area contributed by atoms with Crippen LogP contribution in [0.5, 0.6) is 5.75 Å². The number of nitrogens with zero attached hydrogens (tertiary/aromatic N) is 3. The van der Waals surface area contributed by atoms with Gasteiger partial charge in [0, 0.05) is 5.56 Å². The highest BCUT2D eigenvalue weighted by Gasteiger charge is 2.09. The van der Waals surface area contributed by atoms with E-state index in [1.807, 2.05) is 63.2 Å². The third-order valence-corrected chi connectivity index (χ3v) is 3.67. The van der Waals surface area contributed by atoms with Gasteiger partial charge in [-0.3, -0.25) is 0 Å². The molecule has 0 spiro atoms. The monoisotopic (exact) mass is 368 g/mol. The zero-order valence-corrected chi connectivity index (χ0v) is 15.7. The fourth-order valence-electron chi connectivity index (χ4n) is 2.35. The fraction of sp³-hybridized carbons (Fsp3) is 0.211. The van der Waals surface area contributed by atoms with E-state index in [4.69, 9.17) is 21.4 Å². The standard InChI is InChI=1S/C19H20N4O2S/c1-13(2)25-17-7-4-6-15(11-17)18-21-22-19(26)23(18)20-12-14(3)10-16-8-5-9-24-16/h4-13H,1-3H3,(H,22,26)/b14-10+,20-12+. The number of allylic oxidation sites excluding steroid dienone is 1. The molecular formula is C19H20N4O2S. The lowest BCUT2D eigenvalue weighted by molar-refractivity contribution is 0.242. The summed E-state index contributed by atoms with van der Waals surface area (Å²) < 4.78 is 13.1. The largest absolute Gasteiger partial charge is 0.491 e. The van der Waals surface area contributed by atoms with Crippen molar-refractivity contribution in [1.82, 2.24) is 14.9 Å².